The van der Waals surface area contributed by atoms with E-state index in [1.54, 1.807) is 0 Å². The molecular formula is C5H14N2O3P+. The maximum atomic E-state index is 8.70. The quantitative estimate of drug-likeness (QED) is 0.424. The van der Waals surface area contributed by atoms with Crippen molar-refractivity contribution in [1.29, 1.82) is 0 Å². The summed E-state index contributed by atoms with van der Waals surface area (Å²) in [6, 6.07) is 0. The zero-order valence-electron chi connectivity index (χ0n) is 6.53. The highest BCUT2D eigenvalue weighted by Crippen LogP contribution is 1.98. The molecule has 0 bridgehead atoms. The van der Waals surface area contributed by atoms with Crippen molar-refractivity contribution in [2.45, 2.75) is 0 Å². The zero-order chi connectivity index (χ0) is 8.69. The molecule has 66 valence electrons. The Morgan fingerprint density at radius 1 is 1.36 bits per heavy atom. The number of nitrogens with one attached hydrogen (secondary N) is 1. The maximum Gasteiger partial charge on any atom is 0.692 e. The van der Waals surface area contributed by atoms with Gasteiger partial charge in [-0.3, -0.25) is 0 Å². The van der Waals surface area contributed by atoms with Crippen LogP contribution in [0, 0.1) is 0 Å². The number of nitrogens with zero attached hydrogens (tertiary/aromatic N) is 1. The molecule has 1 rings (SSSR count). The minimum absolute atomic E-state index is 1.16. The second-order valence-corrected chi connectivity index (χ2v) is 2.81. The number of likely N-dealkylation sites (N-methyl/N-ethyl adjacent to an activating group) is 1. The molecule has 0 radical (unpaired) electrons. The molecule has 0 aromatic carbocycles. The van der Waals surface area contributed by atoms with Crippen LogP contribution in [0.15, 0.2) is 0 Å². The molecular weight excluding hydrogens is 167 g/mol. The van der Waals surface area contributed by atoms with E-state index in [1.807, 2.05) is 0 Å². The van der Waals surface area contributed by atoms with Crippen molar-refractivity contribution in [3.63, 3.8) is 0 Å². The Kier molecular flexibility index (Phi) is 6.60. The first-order chi connectivity index (χ1) is 5.13. The Bertz CT molecular complexity index is 112. The lowest BCUT2D eigenvalue weighted by Crippen LogP contribution is -2.40. The Balaban J connectivity index is 0.000000218. The summed E-state index contributed by atoms with van der Waals surface area (Å²) in [5.41, 5.74) is 0. The molecule has 5 nitrogen and oxygen atoms in total. The predicted molar refractivity (Wildman–Crippen MR) is 42.4 cm³/mol. The molecule has 1 aliphatic heterocycles. The van der Waals surface area contributed by atoms with Gasteiger partial charge < -0.3 is 10.2 Å². The average Bonchev–Trinajstić information content (AvgIpc) is 1.87. The number of hydrogen-bond acceptors (Lipinski definition) is 3. The van der Waals surface area contributed by atoms with E-state index in [1.165, 1.54) is 13.1 Å². The molecule has 1 fully saturated rings. The lowest BCUT2D eigenvalue weighted by atomic mass is 10.4. The van der Waals surface area contributed by atoms with Crippen LogP contribution in [0.25, 0.3) is 0 Å². The lowest BCUT2D eigenvalue weighted by molar-refractivity contribution is 0.291. The molecule has 6 heteroatoms. The topological polar surface area (TPSA) is 72.8 Å². The minimum Gasteiger partial charge on any atom is -0.314 e. The van der Waals surface area contributed by atoms with Crippen LogP contribution in [-0.4, -0.2) is 47.9 Å². The molecule has 0 aromatic rings. The van der Waals surface area contributed by atoms with E-state index in [9.17, 15) is 0 Å². The molecule has 0 unspecified atom stereocenters. The Morgan fingerprint density at radius 2 is 1.73 bits per heavy atom. The van der Waals surface area contributed by atoms with Gasteiger partial charge in [0.05, 0.1) is 0 Å². The highest BCUT2D eigenvalue weighted by atomic mass is 31.1. The number of piperazine rings is 1. The summed E-state index contributed by atoms with van der Waals surface area (Å²) in [6.45, 7) is 4.74. The third kappa shape index (κ3) is 9.94. The van der Waals surface area contributed by atoms with Gasteiger partial charge in [-0.25, -0.2) is 0 Å². The molecule has 0 amide bonds. The smallest absolute Gasteiger partial charge is 0.314 e. The summed E-state index contributed by atoms with van der Waals surface area (Å²) < 4.78 is 8.70. The molecule has 0 saturated carbocycles. The van der Waals surface area contributed by atoms with E-state index in [2.05, 4.69) is 17.3 Å². The van der Waals surface area contributed by atoms with Gasteiger partial charge in [0.1, 0.15) is 0 Å². The molecule has 0 spiro atoms. The highest BCUT2D eigenvalue weighted by Gasteiger charge is 2.01. The van der Waals surface area contributed by atoms with Gasteiger partial charge in [0.25, 0.3) is 0 Å². The molecule has 0 atom stereocenters. The van der Waals surface area contributed by atoms with Crippen molar-refractivity contribution < 1.29 is 14.4 Å². The highest BCUT2D eigenvalue weighted by molar-refractivity contribution is 7.30. The van der Waals surface area contributed by atoms with Crippen molar-refractivity contribution >= 4 is 8.25 Å². The number of rotatable bonds is 0. The second kappa shape index (κ2) is 6.64. The molecule has 0 aliphatic carbocycles. The van der Waals surface area contributed by atoms with Gasteiger partial charge in [-0.15, -0.1) is 9.79 Å². The van der Waals surface area contributed by atoms with E-state index in [0.717, 1.165) is 13.1 Å². The normalized spacial score (nSPS) is 18.5. The van der Waals surface area contributed by atoms with Crippen LogP contribution in [0.5, 0.6) is 0 Å². The Morgan fingerprint density at radius 3 is 1.91 bits per heavy atom. The monoisotopic (exact) mass is 181 g/mol. The summed E-state index contributed by atoms with van der Waals surface area (Å²) in [5, 5.41) is 3.27. The van der Waals surface area contributed by atoms with Gasteiger partial charge in [-0.05, 0) is 7.05 Å². The molecule has 1 aliphatic rings. The first kappa shape index (κ1) is 10.9. The van der Waals surface area contributed by atoms with Crippen LogP contribution in [0.1, 0.15) is 0 Å². The van der Waals surface area contributed by atoms with Crippen LogP contribution < -0.4 is 5.32 Å². The van der Waals surface area contributed by atoms with Crippen molar-refractivity contribution in [3.05, 3.63) is 0 Å². The van der Waals surface area contributed by atoms with E-state index >= 15 is 0 Å². The van der Waals surface area contributed by atoms with Crippen molar-refractivity contribution in [1.82, 2.24) is 10.2 Å². The van der Waals surface area contributed by atoms with Crippen molar-refractivity contribution in [2.24, 2.45) is 0 Å². The van der Waals surface area contributed by atoms with Gasteiger partial charge >= 0.3 is 8.25 Å². The number of hydrogen-bond donors (Lipinski definition) is 3. The standard InChI is InChI=1S/C5H12N2.HO3P/c1-7-4-2-6-3-5-7;1-4(2)3/h6H,2-5H2,1H3;(H-,1,2,3)/p+1. The Hall–Kier alpha value is -0.0600. The third-order valence-corrected chi connectivity index (χ3v) is 1.34. The van der Waals surface area contributed by atoms with E-state index in [-0.39, 0.29) is 0 Å². The van der Waals surface area contributed by atoms with Crippen LogP contribution in [0.3, 0.4) is 0 Å². The molecule has 1 saturated heterocycles. The fraction of sp³-hybridized carbons (Fsp3) is 1.00. The SMILES string of the molecule is CN1CCNCC1.O=[P+](O)O. The first-order valence-corrected chi connectivity index (χ1v) is 4.53. The van der Waals surface area contributed by atoms with E-state index in [0.29, 0.717) is 0 Å². The van der Waals surface area contributed by atoms with Crippen LogP contribution in [-0.2, 0) is 4.57 Å². The van der Waals surface area contributed by atoms with Crippen LogP contribution in [0.2, 0.25) is 0 Å². The fourth-order valence-corrected chi connectivity index (χ4v) is 0.777. The molecule has 11 heavy (non-hydrogen) atoms. The second-order valence-electron chi connectivity index (χ2n) is 2.31. The van der Waals surface area contributed by atoms with Crippen molar-refractivity contribution in [3.8, 4) is 0 Å². The maximum absolute atomic E-state index is 8.70. The summed E-state index contributed by atoms with van der Waals surface area (Å²) in [5.74, 6) is 0. The fourth-order valence-electron chi connectivity index (χ4n) is 0.777. The first-order valence-electron chi connectivity index (χ1n) is 3.37. The summed E-state index contributed by atoms with van der Waals surface area (Å²) in [6.07, 6.45) is 0. The van der Waals surface area contributed by atoms with Gasteiger partial charge in [-0.1, -0.05) is 0 Å². The average molecular weight is 181 g/mol. The van der Waals surface area contributed by atoms with Gasteiger partial charge in [0.15, 0.2) is 0 Å². The van der Waals surface area contributed by atoms with Gasteiger partial charge in [-0.2, -0.15) is 0 Å². The van der Waals surface area contributed by atoms with Crippen LogP contribution >= 0.6 is 8.25 Å². The molecule has 0 aromatic heterocycles. The lowest BCUT2D eigenvalue weighted by Gasteiger charge is -2.21. The predicted octanol–water partition coefficient (Wildman–Crippen LogP) is -0.850. The van der Waals surface area contributed by atoms with E-state index < -0.39 is 8.25 Å². The summed E-state index contributed by atoms with van der Waals surface area (Å²) in [4.78, 5) is 16.6. The molecule has 3 N–H and O–H groups in total. The summed E-state index contributed by atoms with van der Waals surface area (Å²) in [7, 11) is -0.717. The summed E-state index contributed by atoms with van der Waals surface area (Å²) >= 11 is 0. The largest absolute Gasteiger partial charge is 0.692 e. The van der Waals surface area contributed by atoms with Crippen LogP contribution in [0.4, 0.5) is 0 Å². The van der Waals surface area contributed by atoms with Crippen molar-refractivity contribution in [2.75, 3.05) is 33.2 Å². The Labute approximate surface area is 67.0 Å². The molecule has 1 heterocycles. The van der Waals surface area contributed by atoms with Gasteiger partial charge in [0, 0.05) is 30.7 Å². The van der Waals surface area contributed by atoms with Gasteiger partial charge in [0.2, 0.25) is 0 Å². The third-order valence-electron chi connectivity index (χ3n) is 1.34. The minimum atomic E-state index is -2.87. The zero-order valence-corrected chi connectivity index (χ0v) is 7.42. The van der Waals surface area contributed by atoms with E-state index in [4.69, 9.17) is 14.4 Å².